The van der Waals surface area contributed by atoms with E-state index >= 15 is 0 Å². The quantitative estimate of drug-likeness (QED) is 0.688. The van der Waals surface area contributed by atoms with Crippen LogP contribution in [0.3, 0.4) is 0 Å². The van der Waals surface area contributed by atoms with Gasteiger partial charge in [-0.2, -0.15) is 4.52 Å². The first-order chi connectivity index (χ1) is 13.1. The Morgan fingerprint density at radius 2 is 2.04 bits per heavy atom. The zero-order chi connectivity index (χ0) is 18.5. The van der Waals surface area contributed by atoms with E-state index in [1.165, 1.54) is 0 Å². The standard InChI is InChI=1S/C18H21N7O2/c1-11-19-20-15-7-8-16(21-25(11)15)24-9-12(10-24)23(2)18(26)17-13-5-3-4-6-14(13)27-22-17/h7-8,12H,3-6,9-10H2,1-2H3. The Labute approximate surface area is 155 Å². The monoisotopic (exact) mass is 367 g/mol. The van der Waals surface area contributed by atoms with E-state index in [2.05, 4.69) is 25.4 Å². The average Bonchev–Trinajstić information content (AvgIpc) is 3.24. The van der Waals surface area contributed by atoms with Gasteiger partial charge in [0.2, 0.25) is 0 Å². The average molecular weight is 367 g/mol. The van der Waals surface area contributed by atoms with E-state index in [1.54, 1.807) is 9.42 Å². The molecule has 9 heteroatoms. The Morgan fingerprint density at radius 3 is 2.89 bits per heavy atom. The molecular weight excluding hydrogens is 346 g/mol. The second kappa shape index (κ2) is 6.04. The van der Waals surface area contributed by atoms with Crippen LogP contribution < -0.4 is 4.90 Å². The Hall–Kier alpha value is -2.97. The highest BCUT2D eigenvalue weighted by molar-refractivity contribution is 5.94. The molecule has 0 aromatic carbocycles. The molecule has 1 aliphatic heterocycles. The highest BCUT2D eigenvalue weighted by Gasteiger charge is 2.36. The summed E-state index contributed by atoms with van der Waals surface area (Å²) >= 11 is 0. The van der Waals surface area contributed by atoms with Crippen LogP contribution >= 0.6 is 0 Å². The van der Waals surface area contributed by atoms with Gasteiger partial charge in [-0.3, -0.25) is 4.79 Å². The number of aromatic nitrogens is 5. The zero-order valence-corrected chi connectivity index (χ0v) is 15.4. The summed E-state index contributed by atoms with van der Waals surface area (Å²) in [5.74, 6) is 2.45. The summed E-state index contributed by atoms with van der Waals surface area (Å²) in [5.41, 5.74) is 2.23. The molecule has 2 aliphatic rings. The lowest BCUT2D eigenvalue weighted by molar-refractivity contribution is 0.0693. The molecule has 0 saturated carbocycles. The van der Waals surface area contributed by atoms with E-state index in [9.17, 15) is 4.79 Å². The van der Waals surface area contributed by atoms with Crippen LogP contribution in [0.25, 0.3) is 5.65 Å². The van der Waals surface area contributed by atoms with Crippen molar-refractivity contribution in [3.63, 3.8) is 0 Å². The molecule has 1 fully saturated rings. The van der Waals surface area contributed by atoms with Gasteiger partial charge in [0.05, 0.1) is 6.04 Å². The van der Waals surface area contributed by atoms with Gasteiger partial charge in [-0.15, -0.1) is 15.3 Å². The first kappa shape index (κ1) is 16.2. The first-order valence-electron chi connectivity index (χ1n) is 9.30. The number of carbonyl (C=O) groups is 1. The Balaban J connectivity index is 1.29. The summed E-state index contributed by atoms with van der Waals surface area (Å²) in [7, 11) is 1.84. The van der Waals surface area contributed by atoms with Crippen molar-refractivity contribution in [3.8, 4) is 0 Å². The predicted molar refractivity (Wildman–Crippen MR) is 96.8 cm³/mol. The van der Waals surface area contributed by atoms with E-state index in [1.807, 2.05) is 26.1 Å². The van der Waals surface area contributed by atoms with Crippen LogP contribution in [0.15, 0.2) is 16.7 Å². The summed E-state index contributed by atoms with van der Waals surface area (Å²) in [6, 6.07) is 3.98. The number of aryl methyl sites for hydroxylation is 2. The van der Waals surface area contributed by atoms with Gasteiger partial charge in [0.1, 0.15) is 11.6 Å². The third-order valence-corrected chi connectivity index (χ3v) is 5.61. The van der Waals surface area contributed by atoms with Crippen LogP contribution in [0.4, 0.5) is 5.82 Å². The van der Waals surface area contributed by atoms with Crippen molar-refractivity contribution in [3.05, 3.63) is 35.0 Å². The van der Waals surface area contributed by atoms with E-state index in [0.29, 0.717) is 5.69 Å². The van der Waals surface area contributed by atoms with Gasteiger partial charge in [0, 0.05) is 32.1 Å². The molecule has 0 N–H and O–H groups in total. The van der Waals surface area contributed by atoms with Crippen LogP contribution in [0, 0.1) is 6.92 Å². The number of hydrogen-bond donors (Lipinski definition) is 0. The highest BCUT2D eigenvalue weighted by Crippen LogP contribution is 2.27. The van der Waals surface area contributed by atoms with Gasteiger partial charge in [-0.05, 0) is 38.3 Å². The van der Waals surface area contributed by atoms with E-state index in [-0.39, 0.29) is 11.9 Å². The Kier molecular flexibility index (Phi) is 3.63. The summed E-state index contributed by atoms with van der Waals surface area (Å²) in [6.45, 7) is 3.35. The van der Waals surface area contributed by atoms with Crippen molar-refractivity contribution < 1.29 is 9.32 Å². The van der Waals surface area contributed by atoms with Gasteiger partial charge < -0.3 is 14.3 Å². The van der Waals surface area contributed by atoms with Crippen molar-refractivity contribution >= 4 is 17.4 Å². The van der Waals surface area contributed by atoms with Gasteiger partial charge >= 0.3 is 0 Å². The second-order valence-electron chi connectivity index (χ2n) is 7.32. The van der Waals surface area contributed by atoms with Gasteiger partial charge in [-0.1, -0.05) is 5.16 Å². The molecule has 9 nitrogen and oxygen atoms in total. The van der Waals surface area contributed by atoms with Crippen molar-refractivity contribution in [2.24, 2.45) is 0 Å². The summed E-state index contributed by atoms with van der Waals surface area (Å²) in [5, 5.41) is 16.7. The molecule has 1 aliphatic carbocycles. The predicted octanol–water partition coefficient (Wildman–Crippen LogP) is 1.26. The SMILES string of the molecule is Cc1nnc2ccc(N3CC(N(C)C(=O)c4noc5c4CCCC5)C3)nn12. The number of anilines is 1. The molecule has 4 heterocycles. The van der Waals surface area contributed by atoms with E-state index in [4.69, 9.17) is 4.52 Å². The molecule has 140 valence electrons. The fourth-order valence-electron chi connectivity index (χ4n) is 3.83. The molecule has 0 bridgehead atoms. The number of likely N-dealkylation sites (N-methyl/N-ethyl adjacent to an activating group) is 1. The number of hydrogen-bond acceptors (Lipinski definition) is 7. The maximum atomic E-state index is 12.9. The maximum absolute atomic E-state index is 12.9. The molecule has 3 aromatic heterocycles. The summed E-state index contributed by atoms with van der Waals surface area (Å²) in [6.07, 6.45) is 3.96. The summed E-state index contributed by atoms with van der Waals surface area (Å²) < 4.78 is 7.13. The molecule has 0 radical (unpaired) electrons. The van der Waals surface area contributed by atoms with E-state index in [0.717, 1.165) is 67.4 Å². The van der Waals surface area contributed by atoms with Crippen molar-refractivity contribution in [2.45, 2.75) is 38.6 Å². The molecule has 27 heavy (non-hydrogen) atoms. The molecule has 1 saturated heterocycles. The highest BCUT2D eigenvalue weighted by atomic mass is 16.5. The van der Waals surface area contributed by atoms with Crippen LogP contribution in [-0.4, -0.2) is 62.0 Å². The molecular formula is C18H21N7O2. The number of fused-ring (bicyclic) bond motifs is 2. The zero-order valence-electron chi connectivity index (χ0n) is 15.4. The van der Waals surface area contributed by atoms with Crippen molar-refractivity contribution in [2.75, 3.05) is 25.0 Å². The second-order valence-corrected chi connectivity index (χ2v) is 7.32. The third kappa shape index (κ3) is 2.56. The van der Waals surface area contributed by atoms with Gasteiger partial charge in [-0.25, -0.2) is 0 Å². The molecule has 0 unspecified atom stereocenters. The summed E-state index contributed by atoms with van der Waals surface area (Å²) in [4.78, 5) is 16.8. The number of rotatable bonds is 3. The Bertz CT molecular complexity index is 1020. The number of amides is 1. The minimum Gasteiger partial charge on any atom is -0.360 e. The van der Waals surface area contributed by atoms with Crippen LogP contribution in [0.5, 0.6) is 0 Å². The lowest BCUT2D eigenvalue weighted by atomic mass is 9.96. The maximum Gasteiger partial charge on any atom is 0.276 e. The molecule has 0 atom stereocenters. The molecule has 1 amide bonds. The molecule has 0 spiro atoms. The number of carbonyl (C=O) groups excluding carboxylic acids is 1. The topological polar surface area (TPSA) is 92.7 Å². The minimum absolute atomic E-state index is 0.0513. The minimum atomic E-state index is -0.0513. The lowest BCUT2D eigenvalue weighted by Gasteiger charge is -2.44. The number of nitrogens with zero attached hydrogens (tertiary/aromatic N) is 7. The fraction of sp³-hybridized carbons (Fsp3) is 0.500. The van der Waals surface area contributed by atoms with Crippen molar-refractivity contribution in [1.82, 2.24) is 29.9 Å². The smallest absolute Gasteiger partial charge is 0.276 e. The normalized spacial score (nSPS) is 17.0. The third-order valence-electron chi connectivity index (χ3n) is 5.61. The van der Waals surface area contributed by atoms with Crippen molar-refractivity contribution in [1.29, 1.82) is 0 Å². The van der Waals surface area contributed by atoms with Crippen LogP contribution in [0.2, 0.25) is 0 Å². The fourth-order valence-corrected chi connectivity index (χ4v) is 3.83. The van der Waals surface area contributed by atoms with Crippen LogP contribution in [0.1, 0.15) is 40.5 Å². The van der Waals surface area contributed by atoms with E-state index < -0.39 is 0 Å². The van der Waals surface area contributed by atoms with Crippen LogP contribution in [-0.2, 0) is 12.8 Å². The van der Waals surface area contributed by atoms with Gasteiger partial charge in [0.25, 0.3) is 5.91 Å². The molecule has 3 aromatic rings. The Morgan fingerprint density at radius 1 is 1.22 bits per heavy atom. The van der Waals surface area contributed by atoms with Gasteiger partial charge in [0.15, 0.2) is 17.2 Å². The lowest BCUT2D eigenvalue weighted by Crippen LogP contribution is -2.60. The molecule has 5 rings (SSSR count). The largest absolute Gasteiger partial charge is 0.360 e. The first-order valence-corrected chi connectivity index (χ1v) is 9.30.